The van der Waals surface area contributed by atoms with Gasteiger partial charge in [-0.25, -0.2) is 0 Å². The molecule has 0 atom stereocenters. The molecular weight excluding hydrogens is 440 g/mol. The van der Waals surface area contributed by atoms with Crippen molar-refractivity contribution >= 4 is 61.8 Å². The van der Waals surface area contributed by atoms with Crippen LogP contribution in [0.5, 0.6) is 0 Å². The zero-order valence-electron chi connectivity index (χ0n) is 17.0. The van der Waals surface area contributed by atoms with E-state index in [0.29, 0.717) is 0 Å². The fourth-order valence-corrected chi connectivity index (χ4v) is 4.35. The second-order valence-corrected chi connectivity index (χ2v) is 8.42. The first-order valence-electron chi connectivity index (χ1n) is 10.4. The molecule has 0 spiro atoms. The van der Waals surface area contributed by atoms with Gasteiger partial charge in [-0.05, 0) is 71.9 Å². The van der Waals surface area contributed by atoms with Crippen molar-refractivity contribution in [1.82, 2.24) is 0 Å². The minimum absolute atomic E-state index is 1.10. The van der Waals surface area contributed by atoms with E-state index >= 15 is 0 Å². The lowest BCUT2D eigenvalue weighted by Gasteiger charge is -2.04. The van der Waals surface area contributed by atoms with Crippen LogP contribution in [-0.4, -0.2) is 0 Å². The second kappa shape index (κ2) is 8.75. The first-order valence-corrected chi connectivity index (χ1v) is 11.2. The Labute approximate surface area is 191 Å². The van der Waals surface area contributed by atoms with Crippen LogP contribution in [0, 0.1) is 0 Å². The summed E-state index contributed by atoms with van der Waals surface area (Å²) >= 11 is 3.81. The molecular formula is C30H21Br. The first-order chi connectivity index (χ1) is 15.3. The molecule has 0 bridgehead atoms. The van der Waals surface area contributed by atoms with Gasteiger partial charge in [0, 0.05) is 4.47 Å². The lowest BCUT2D eigenvalue weighted by atomic mass is 10.0. The van der Waals surface area contributed by atoms with Gasteiger partial charge >= 0.3 is 0 Å². The van der Waals surface area contributed by atoms with E-state index < -0.39 is 0 Å². The van der Waals surface area contributed by atoms with E-state index in [1.165, 1.54) is 32.7 Å². The fourth-order valence-electron chi connectivity index (χ4n) is 3.82. The van der Waals surface area contributed by atoms with E-state index in [1.807, 2.05) is 0 Å². The Kier molecular flexibility index (Phi) is 5.52. The van der Waals surface area contributed by atoms with Crippen molar-refractivity contribution in [2.45, 2.75) is 0 Å². The molecule has 0 aromatic heterocycles. The highest BCUT2D eigenvalue weighted by molar-refractivity contribution is 9.10. The first kappa shape index (κ1) is 19.5. The number of hydrogen-bond acceptors (Lipinski definition) is 0. The van der Waals surface area contributed by atoms with Crippen LogP contribution in [0.15, 0.2) is 108 Å². The third kappa shape index (κ3) is 4.38. The molecule has 0 heterocycles. The Morgan fingerprint density at radius 3 is 1.35 bits per heavy atom. The normalized spacial score (nSPS) is 11.8. The molecule has 0 fully saturated rings. The van der Waals surface area contributed by atoms with Gasteiger partial charge in [-0.15, -0.1) is 0 Å². The summed E-state index contributed by atoms with van der Waals surface area (Å²) in [7, 11) is 0. The van der Waals surface area contributed by atoms with Crippen molar-refractivity contribution in [3.63, 3.8) is 0 Å². The summed E-state index contributed by atoms with van der Waals surface area (Å²) < 4.78 is 1.10. The van der Waals surface area contributed by atoms with Crippen LogP contribution in [-0.2, 0) is 0 Å². The minimum atomic E-state index is 1.10. The van der Waals surface area contributed by atoms with E-state index in [1.54, 1.807) is 0 Å². The summed E-state index contributed by atoms with van der Waals surface area (Å²) in [6, 6.07) is 36.4. The smallest absolute Gasteiger partial charge is 0.0320 e. The van der Waals surface area contributed by atoms with Crippen LogP contribution in [0.2, 0.25) is 0 Å². The van der Waals surface area contributed by atoms with E-state index in [0.717, 1.165) is 15.6 Å². The van der Waals surface area contributed by atoms with Crippen molar-refractivity contribution in [3.05, 3.63) is 130 Å². The SMILES string of the molecule is Brc1c(C=Cc2ccc3ccccc3c2)cccc1C=Cc1ccc2ccccc2c1. The van der Waals surface area contributed by atoms with Gasteiger partial charge in [0.25, 0.3) is 0 Å². The predicted molar refractivity (Wildman–Crippen MR) is 140 cm³/mol. The summed E-state index contributed by atoms with van der Waals surface area (Å²) in [5, 5.41) is 5.05. The van der Waals surface area contributed by atoms with Gasteiger partial charge in [-0.1, -0.05) is 115 Å². The Morgan fingerprint density at radius 1 is 0.419 bits per heavy atom. The molecule has 0 aliphatic carbocycles. The van der Waals surface area contributed by atoms with Gasteiger partial charge in [0.15, 0.2) is 0 Å². The highest BCUT2D eigenvalue weighted by Gasteiger charge is 2.02. The zero-order chi connectivity index (χ0) is 21.0. The lowest BCUT2D eigenvalue weighted by molar-refractivity contribution is 1.56. The van der Waals surface area contributed by atoms with Crippen LogP contribution < -0.4 is 0 Å². The maximum atomic E-state index is 3.81. The molecule has 0 aliphatic rings. The standard InChI is InChI=1S/C30H21Br/c31-30-26(18-14-22-12-16-24-6-1-3-8-28(24)20-22)10-5-11-27(30)19-15-23-13-17-25-7-2-4-9-29(25)21-23/h1-21H. The molecule has 5 aromatic carbocycles. The third-order valence-corrected chi connectivity index (χ3v) is 6.43. The largest absolute Gasteiger partial charge is 0.0616 e. The predicted octanol–water partition coefficient (Wildman–Crippen LogP) is 9.10. The molecule has 0 N–H and O–H groups in total. The molecule has 0 nitrogen and oxygen atoms in total. The zero-order valence-corrected chi connectivity index (χ0v) is 18.6. The number of fused-ring (bicyclic) bond motifs is 2. The van der Waals surface area contributed by atoms with E-state index in [9.17, 15) is 0 Å². The van der Waals surface area contributed by atoms with Crippen molar-refractivity contribution in [3.8, 4) is 0 Å². The third-order valence-electron chi connectivity index (χ3n) is 5.52. The number of rotatable bonds is 4. The van der Waals surface area contributed by atoms with E-state index in [-0.39, 0.29) is 0 Å². The van der Waals surface area contributed by atoms with Crippen LogP contribution in [0.25, 0.3) is 45.8 Å². The van der Waals surface area contributed by atoms with Gasteiger partial charge in [0.2, 0.25) is 0 Å². The Balaban J connectivity index is 1.41. The summed E-state index contributed by atoms with van der Waals surface area (Å²) in [6.45, 7) is 0. The van der Waals surface area contributed by atoms with Crippen LogP contribution in [0.1, 0.15) is 22.3 Å². The fraction of sp³-hybridized carbons (Fsp3) is 0. The van der Waals surface area contributed by atoms with Gasteiger partial charge in [0.05, 0.1) is 0 Å². The molecule has 0 unspecified atom stereocenters. The van der Waals surface area contributed by atoms with Crippen molar-refractivity contribution < 1.29 is 0 Å². The number of hydrogen-bond donors (Lipinski definition) is 0. The molecule has 1 heteroatoms. The Bertz CT molecular complexity index is 1330. The maximum Gasteiger partial charge on any atom is 0.0320 e. The topological polar surface area (TPSA) is 0 Å². The molecule has 5 rings (SSSR count). The second-order valence-electron chi connectivity index (χ2n) is 7.63. The molecule has 5 aromatic rings. The van der Waals surface area contributed by atoms with Crippen LogP contribution >= 0.6 is 15.9 Å². The highest BCUT2D eigenvalue weighted by atomic mass is 79.9. The molecule has 148 valence electrons. The summed E-state index contributed by atoms with van der Waals surface area (Å²) in [4.78, 5) is 0. The van der Waals surface area contributed by atoms with Gasteiger partial charge < -0.3 is 0 Å². The summed E-state index contributed by atoms with van der Waals surface area (Å²) in [5.41, 5.74) is 4.72. The van der Waals surface area contributed by atoms with Gasteiger partial charge in [0.1, 0.15) is 0 Å². The van der Waals surface area contributed by atoms with Crippen LogP contribution in [0.4, 0.5) is 0 Å². The van der Waals surface area contributed by atoms with Crippen LogP contribution in [0.3, 0.4) is 0 Å². The number of halogens is 1. The quantitative estimate of drug-likeness (QED) is 0.234. The van der Waals surface area contributed by atoms with Gasteiger partial charge in [-0.3, -0.25) is 0 Å². The van der Waals surface area contributed by atoms with E-state index in [4.69, 9.17) is 0 Å². The summed E-state index contributed by atoms with van der Waals surface area (Å²) in [6.07, 6.45) is 8.68. The average Bonchev–Trinajstić information content (AvgIpc) is 2.82. The van der Waals surface area contributed by atoms with E-state index in [2.05, 4.69) is 143 Å². The van der Waals surface area contributed by atoms with Crippen molar-refractivity contribution in [2.75, 3.05) is 0 Å². The molecule has 0 aliphatic heterocycles. The Hall–Kier alpha value is -3.42. The molecule has 0 radical (unpaired) electrons. The minimum Gasteiger partial charge on any atom is -0.0616 e. The monoisotopic (exact) mass is 460 g/mol. The molecule has 0 saturated carbocycles. The van der Waals surface area contributed by atoms with Crippen molar-refractivity contribution in [2.24, 2.45) is 0 Å². The Morgan fingerprint density at radius 2 is 0.871 bits per heavy atom. The molecule has 0 amide bonds. The van der Waals surface area contributed by atoms with Gasteiger partial charge in [-0.2, -0.15) is 0 Å². The maximum absolute atomic E-state index is 3.81. The molecule has 31 heavy (non-hydrogen) atoms. The average molecular weight is 461 g/mol. The highest BCUT2D eigenvalue weighted by Crippen LogP contribution is 2.27. The van der Waals surface area contributed by atoms with Crippen molar-refractivity contribution in [1.29, 1.82) is 0 Å². The summed E-state index contributed by atoms with van der Waals surface area (Å²) in [5.74, 6) is 0. The lowest BCUT2D eigenvalue weighted by Crippen LogP contribution is -1.82. The molecule has 0 saturated heterocycles. The number of benzene rings is 5.